The molecule has 9 nitrogen and oxygen atoms in total. The molecule has 0 saturated carbocycles. The smallest absolute Gasteiger partial charge is 0.247 e. The highest BCUT2D eigenvalue weighted by Crippen LogP contribution is 2.24. The van der Waals surface area contributed by atoms with Crippen LogP contribution in [-0.2, 0) is 18.4 Å². The molecule has 4 rings (SSSR count). The van der Waals surface area contributed by atoms with E-state index in [1.54, 1.807) is 21.8 Å². The topological polar surface area (TPSA) is 95.5 Å². The van der Waals surface area contributed by atoms with Gasteiger partial charge < -0.3 is 5.32 Å². The fourth-order valence-electron chi connectivity index (χ4n) is 3.30. The maximum absolute atomic E-state index is 12.6. The summed E-state index contributed by atoms with van der Waals surface area (Å²) in [5.74, 6) is 1.01. The van der Waals surface area contributed by atoms with E-state index in [0.717, 1.165) is 28.3 Å². The van der Waals surface area contributed by atoms with Crippen LogP contribution < -0.4 is 5.32 Å². The van der Waals surface area contributed by atoms with E-state index < -0.39 is 0 Å². The fourth-order valence-corrected chi connectivity index (χ4v) is 3.30. The molecule has 4 heterocycles. The van der Waals surface area contributed by atoms with E-state index in [4.69, 9.17) is 0 Å². The van der Waals surface area contributed by atoms with Crippen LogP contribution >= 0.6 is 0 Å². The highest BCUT2D eigenvalue weighted by Gasteiger charge is 2.16. The Hall–Kier alpha value is -3.75. The molecular weight excluding hydrogens is 368 g/mol. The van der Waals surface area contributed by atoms with Crippen LogP contribution in [-0.4, -0.2) is 40.2 Å². The number of aromatic nitrogens is 7. The first-order valence-corrected chi connectivity index (χ1v) is 9.24. The summed E-state index contributed by atoms with van der Waals surface area (Å²) in [4.78, 5) is 16.9. The second-order valence-electron chi connectivity index (χ2n) is 6.89. The summed E-state index contributed by atoms with van der Waals surface area (Å²) in [7, 11) is 1.91. The average Bonchev–Trinajstić information content (AvgIpc) is 3.34. The number of anilines is 1. The quantitative estimate of drug-likeness (QED) is 0.565. The molecule has 0 bridgehead atoms. The molecule has 0 atom stereocenters. The molecule has 0 saturated heterocycles. The lowest BCUT2D eigenvalue weighted by Crippen LogP contribution is -2.21. The number of aryl methyl sites for hydroxylation is 3. The van der Waals surface area contributed by atoms with Gasteiger partial charge in [-0.05, 0) is 39.0 Å². The Kier molecular flexibility index (Phi) is 4.71. The summed E-state index contributed by atoms with van der Waals surface area (Å²) < 4.78 is 5.06. The van der Waals surface area contributed by atoms with Crippen LogP contribution in [0.3, 0.4) is 0 Å². The number of nitrogens with one attached hydrogen (secondary N) is 1. The van der Waals surface area contributed by atoms with Gasteiger partial charge in [0, 0.05) is 36.8 Å². The first-order chi connectivity index (χ1) is 13.9. The minimum Gasteiger partial charge on any atom is -0.309 e. The van der Waals surface area contributed by atoms with Crippen LogP contribution in [0.4, 0.5) is 5.82 Å². The fraction of sp³-hybridized carbons (Fsp3) is 0.250. The van der Waals surface area contributed by atoms with E-state index in [0.29, 0.717) is 11.6 Å². The second-order valence-corrected chi connectivity index (χ2v) is 6.89. The average molecular weight is 390 g/mol. The predicted octanol–water partition coefficient (Wildman–Crippen LogP) is 2.43. The Labute approximate surface area is 168 Å². The third kappa shape index (κ3) is 3.66. The Morgan fingerprint density at radius 2 is 1.93 bits per heavy atom. The number of rotatable bonds is 5. The van der Waals surface area contributed by atoms with E-state index in [9.17, 15) is 4.79 Å². The molecule has 29 heavy (non-hydrogen) atoms. The molecule has 9 heteroatoms. The summed E-state index contributed by atoms with van der Waals surface area (Å²) >= 11 is 0. The summed E-state index contributed by atoms with van der Waals surface area (Å²) in [6.45, 7) is 5.91. The van der Waals surface area contributed by atoms with Crippen molar-refractivity contribution < 1.29 is 4.79 Å². The molecule has 0 spiro atoms. The van der Waals surface area contributed by atoms with E-state index in [1.165, 1.54) is 0 Å². The number of carbonyl (C=O) groups is 1. The minimum absolute atomic E-state index is 0.0881. The van der Waals surface area contributed by atoms with E-state index in [1.807, 2.05) is 62.8 Å². The molecule has 0 aliphatic rings. The lowest BCUT2D eigenvalue weighted by atomic mass is 10.1. The van der Waals surface area contributed by atoms with Crippen molar-refractivity contribution in [2.45, 2.75) is 27.3 Å². The van der Waals surface area contributed by atoms with Crippen molar-refractivity contribution in [3.05, 3.63) is 59.8 Å². The third-order valence-electron chi connectivity index (χ3n) is 4.68. The van der Waals surface area contributed by atoms with Gasteiger partial charge in [-0.3, -0.25) is 14.2 Å². The number of nitrogens with zero attached hydrogens (tertiary/aromatic N) is 7. The third-order valence-corrected chi connectivity index (χ3v) is 4.68. The van der Waals surface area contributed by atoms with Crippen LogP contribution in [0.1, 0.15) is 17.1 Å². The molecule has 0 aliphatic carbocycles. The van der Waals surface area contributed by atoms with Crippen molar-refractivity contribution in [1.82, 2.24) is 34.3 Å². The highest BCUT2D eigenvalue weighted by atomic mass is 16.2. The van der Waals surface area contributed by atoms with Crippen molar-refractivity contribution in [3.8, 4) is 17.1 Å². The maximum atomic E-state index is 12.6. The Balaban J connectivity index is 1.51. The van der Waals surface area contributed by atoms with Crippen LogP contribution in [0.5, 0.6) is 0 Å². The first kappa shape index (κ1) is 18.6. The minimum atomic E-state index is -0.198. The predicted molar refractivity (Wildman–Crippen MR) is 109 cm³/mol. The number of hydrogen-bond donors (Lipinski definition) is 1. The zero-order valence-electron chi connectivity index (χ0n) is 16.8. The van der Waals surface area contributed by atoms with Gasteiger partial charge in [-0.25, -0.2) is 4.98 Å². The summed E-state index contributed by atoms with van der Waals surface area (Å²) in [6, 6.07) is 9.24. The van der Waals surface area contributed by atoms with Gasteiger partial charge in [0.15, 0.2) is 5.82 Å². The van der Waals surface area contributed by atoms with Crippen molar-refractivity contribution in [3.63, 3.8) is 0 Å². The number of pyridine rings is 1. The highest BCUT2D eigenvalue weighted by molar-refractivity contribution is 5.90. The molecule has 1 amide bonds. The zero-order chi connectivity index (χ0) is 20.5. The number of carbonyl (C=O) groups excluding carboxylic acids is 1. The molecule has 0 aromatic carbocycles. The lowest BCUT2D eigenvalue weighted by molar-refractivity contribution is -0.116. The zero-order valence-corrected chi connectivity index (χ0v) is 16.8. The van der Waals surface area contributed by atoms with Gasteiger partial charge in [-0.1, -0.05) is 6.07 Å². The number of hydrogen-bond acceptors (Lipinski definition) is 5. The SMILES string of the molecule is Cc1cc(NC(=O)Cn2ccc(-c3c(C)nn(C)c3C)n2)n(-c2ccccn2)n1. The largest absolute Gasteiger partial charge is 0.309 e. The van der Waals surface area contributed by atoms with E-state index >= 15 is 0 Å². The lowest BCUT2D eigenvalue weighted by Gasteiger charge is -2.08. The van der Waals surface area contributed by atoms with E-state index in [-0.39, 0.29) is 12.5 Å². The van der Waals surface area contributed by atoms with Crippen LogP contribution in [0.25, 0.3) is 17.1 Å². The molecule has 1 N–H and O–H groups in total. The molecule has 0 fully saturated rings. The normalized spacial score (nSPS) is 11.0. The second kappa shape index (κ2) is 7.34. The molecule has 0 aliphatic heterocycles. The molecule has 4 aromatic rings. The van der Waals surface area contributed by atoms with Gasteiger partial charge in [0.2, 0.25) is 5.91 Å². The molecular formula is C20H22N8O. The molecule has 0 radical (unpaired) electrons. The van der Waals surface area contributed by atoms with Crippen LogP contribution in [0.2, 0.25) is 0 Å². The molecule has 4 aromatic heterocycles. The Morgan fingerprint density at radius 3 is 2.62 bits per heavy atom. The van der Waals surface area contributed by atoms with Crippen LogP contribution in [0, 0.1) is 20.8 Å². The number of amides is 1. The van der Waals surface area contributed by atoms with Gasteiger partial charge in [0.25, 0.3) is 0 Å². The molecule has 0 unspecified atom stereocenters. The standard InChI is InChI=1S/C20H22N8O/c1-13-11-18(28(23-13)17-7-5-6-9-21-17)22-19(29)12-27-10-8-16(25-27)20-14(2)24-26(4)15(20)3/h5-11H,12H2,1-4H3,(H,22,29). The van der Waals surface area contributed by atoms with Crippen molar-refractivity contribution >= 4 is 11.7 Å². The Bertz CT molecular complexity index is 1170. The summed E-state index contributed by atoms with van der Waals surface area (Å²) in [5.41, 5.74) is 4.53. The maximum Gasteiger partial charge on any atom is 0.247 e. The van der Waals surface area contributed by atoms with Crippen molar-refractivity contribution in [1.29, 1.82) is 0 Å². The summed E-state index contributed by atoms with van der Waals surface area (Å²) in [5, 5.41) is 16.3. The first-order valence-electron chi connectivity index (χ1n) is 9.24. The summed E-state index contributed by atoms with van der Waals surface area (Å²) in [6.07, 6.45) is 3.48. The Morgan fingerprint density at radius 1 is 1.10 bits per heavy atom. The van der Waals surface area contributed by atoms with Gasteiger partial charge in [-0.15, -0.1) is 0 Å². The van der Waals surface area contributed by atoms with Crippen LogP contribution in [0.15, 0.2) is 42.7 Å². The van der Waals surface area contributed by atoms with Gasteiger partial charge >= 0.3 is 0 Å². The van der Waals surface area contributed by atoms with Gasteiger partial charge in [-0.2, -0.15) is 20.0 Å². The van der Waals surface area contributed by atoms with Crippen molar-refractivity contribution in [2.75, 3.05) is 5.32 Å². The monoisotopic (exact) mass is 390 g/mol. The van der Waals surface area contributed by atoms with Gasteiger partial charge in [0.1, 0.15) is 12.4 Å². The van der Waals surface area contributed by atoms with Gasteiger partial charge in [0.05, 0.1) is 17.1 Å². The molecule has 148 valence electrons. The van der Waals surface area contributed by atoms with Crippen molar-refractivity contribution in [2.24, 2.45) is 7.05 Å². The van der Waals surface area contributed by atoms with E-state index in [2.05, 4.69) is 25.6 Å².